The van der Waals surface area contributed by atoms with E-state index >= 15 is 0 Å². The summed E-state index contributed by atoms with van der Waals surface area (Å²) in [7, 11) is 0. The fourth-order valence-electron chi connectivity index (χ4n) is 2.40. The van der Waals surface area contributed by atoms with E-state index in [-0.39, 0.29) is 0 Å². The SMILES string of the molecule is Cc1cc(C)cc(CSCC(C)(O)c2ccccc2)c1. The van der Waals surface area contributed by atoms with Crippen LogP contribution in [0.1, 0.15) is 29.2 Å². The minimum Gasteiger partial charge on any atom is -0.385 e. The summed E-state index contributed by atoms with van der Waals surface area (Å²) >= 11 is 1.78. The summed E-state index contributed by atoms with van der Waals surface area (Å²) in [6.45, 7) is 6.14. The molecule has 106 valence electrons. The molecule has 1 N–H and O–H groups in total. The highest BCUT2D eigenvalue weighted by molar-refractivity contribution is 7.98. The Morgan fingerprint density at radius 2 is 1.60 bits per heavy atom. The monoisotopic (exact) mass is 286 g/mol. The van der Waals surface area contributed by atoms with E-state index in [2.05, 4.69) is 32.0 Å². The molecule has 0 bridgehead atoms. The maximum atomic E-state index is 10.6. The molecule has 0 aliphatic carbocycles. The minimum atomic E-state index is -0.773. The predicted octanol–water partition coefficient (Wildman–Crippen LogP) is 4.44. The van der Waals surface area contributed by atoms with Gasteiger partial charge in [0.1, 0.15) is 0 Å². The van der Waals surface area contributed by atoms with Gasteiger partial charge in [0.2, 0.25) is 0 Å². The normalized spacial score (nSPS) is 14.0. The van der Waals surface area contributed by atoms with Crippen molar-refractivity contribution in [1.29, 1.82) is 0 Å². The van der Waals surface area contributed by atoms with Gasteiger partial charge in [-0.05, 0) is 31.9 Å². The first-order valence-electron chi connectivity index (χ1n) is 6.90. The topological polar surface area (TPSA) is 20.2 Å². The third-order valence-electron chi connectivity index (χ3n) is 3.33. The molecule has 0 fully saturated rings. The van der Waals surface area contributed by atoms with Crippen LogP contribution in [0.2, 0.25) is 0 Å². The highest BCUT2D eigenvalue weighted by Crippen LogP contribution is 2.27. The summed E-state index contributed by atoms with van der Waals surface area (Å²) in [5.74, 6) is 1.63. The molecule has 0 radical (unpaired) electrons. The highest BCUT2D eigenvalue weighted by atomic mass is 32.2. The van der Waals surface area contributed by atoms with E-state index in [9.17, 15) is 5.11 Å². The molecule has 1 unspecified atom stereocenters. The molecule has 2 rings (SSSR count). The summed E-state index contributed by atoms with van der Waals surface area (Å²) in [4.78, 5) is 0. The summed E-state index contributed by atoms with van der Waals surface area (Å²) in [6, 6.07) is 16.5. The predicted molar refractivity (Wildman–Crippen MR) is 88.1 cm³/mol. The second-order valence-electron chi connectivity index (χ2n) is 5.63. The molecule has 1 atom stereocenters. The Morgan fingerprint density at radius 3 is 2.20 bits per heavy atom. The molecule has 0 saturated heterocycles. The van der Waals surface area contributed by atoms with Crippen LogP contribution in [-0.2, 0) is 11.4 Å². The molecule has 0 spiro atoms. The lowest BCUT2D eigenvalue weighted by Gasteiger charge is -2.23. The average Bonchev–Trinajstić information content (AvgIpc) is 2.38. The van der Waals surface area contributed by atoms with Crippen molar-refractivity contribution in [3.05, 3.63) is 70.8 Å². The summed E-state index contributed by atoms with van der Waals surface area (Å²) in [5.41, 5.74) is 4.14. The first-order valence-corrected chi connectivity index (χ1v) is 8.06. The van der Waals surface area contributed by atoms with Crippen LogP contribution in [0.4, 0.5) is 0 Å². The van der Waals surface area contributed by atoms with Gasteiger partial charge in [-0.2, -0.15) is 11.8 Å². The zero-order valence-corrected chi connectivity index (χ0v) is 13.2. The molecule has 2 aromatic rings. The van der Waals surface area contributed by atoms with E-state index in [4.69, 9.17) is 0 Å². The van der Waals surface area contributed by atoms with Gasteiger partial charge in [0.05, 0.1) is 5.60 Å². The zero-order valence-electron chi connectivity index (χ0n) is 12.4. The molecule has 1 nitrogen and oxygen atoms in total. The van der Waals surface area contributed by atoms with Gasteiger partial charge in [-0.3, -0.25) is 0 Å². The van der Waals surface area contributed by atoms with E-state index < -0.39 is 5.60 Å². The molecule has 0 saturated carbocycles. The summed E-state index contributed by atoms with van der Waals surface area (Å²) < 4.78 is 0. The molecular formula is C18H22OS. The van der Waals surface area contributed by atoms with Gasteiger partial charge in [-0.25, -0.2) is 0 Å². The fourth-order valence-corrected chi connectivity index (χ4v) is 3.47. The lowest BCUT2D eigenvalue weighted by molar-refractivity contribution is 0.0839. The molecule has 0 aliphatic heterocycles. The number of hydrogen-bond donors (Lipinski definition) is 1. The Morgan fingerprint density at radius 1 is 1.00 bits per heavy atom. The van der Waals surface area contributed by atoms with Crippen molar-refractivity contribution in [3.63, 3.8) is 0 Å². The first kappa shape index (κ1) is 15.1. The van der Waals surface area contributed by atoms with Crippen LogP contribution >= 0.6 is 11.8 Å². The number of aryl methyl sites for hydroxylation is 2. The third kappa shape index (κ3) is 4.12. The van der Waals surface area contributed by atoms with Gasteiger partial charge < -0.3 is 5.11 Å². The molecule has 0 heterocycles. The van der Waals surface area contributed by atoms with Gasteiger partial charge in [0.15, 0.2) is 0 Å². The second-order valence-corrected chi connectivity index (χ2v) is 6.61. The van der Waals surface area contributed by atoms with Gasteiger partial charge >= 0.3 is 0 Å². The van der Waals surface area contributed by atoms with Crippen LogP contribution in [0.5, 0.6) is 0 Å². The van der Waals surface area contributed by atoms with E-state index in [1.54, 1.807) is 11.8 Å². The minimum absolute atomic E-state index is 0.698. The fraction of sp³-hybridized carbons (Fsp3) is 0.333. The van der Waals surface area contributed by atoms with Crippen LogP contribution in [0.15, 0.2) is 48.5 Å². The quantitative estimate of drug-likeness (QED) is 0.876. The van der Waals surface area contributed by atoms with Gasteiger partial charge in [0.25, 0.3) is 0 Å². The van der Waals surface area contributed by atoms with Crippen molar-refractivity contribution in [2.75, 3.05) is 5.75 Å². The van der Waals surface area contributed by atoms with Crippen LogP contribution in [0.3, 0.4) is 0 Å². The van der Waals surface area contributed by atoms with E-state index in [1.807, 2.05) is 37.3 Å². The summed E-state index contributed by atoms with van der Waals surface area (Å²) in [5, 5.41) is 10.6. The maximum Gasteiger partial charge on any atom is 0.0958 e. The van der Waals surface area contributed by atoms with Crippen LogP contribution < -0.4 is 0 Å². The van der Waals surface area contributed by atoms with E-state index in [1.165, 1.54) is 16.7 Å². The van der Waals surface area contributed by atoms with Crippen LogP contribution in [0.25, 0.3) is 0 Å². The van der Waals surface area contributed by atoms with Crippen molar-refractivity contribution in [1.82, 2.24) is 0 Å². The largest absolute Gasteiger partial charge is 0.385 e. The van der Waals surface area contributed by atoms with Gasteiger partial charge in [-0.1, -0.05) is 59.7 Å². The van der Waals surface area contributed by atoms with Crippen LogP contribution in [0, 0.1) is 13.8 Å². The Balaban J connectivity index is 1.95. The number of rotatable bonds is 5. The van der Waals surface area contributed by atoms with Crippen molar-refractivity contribution in [2.45, 2.75) is 32.1 Å². The smallest absolute Gasteiger partial charge is 0.0958 e. The Bertz CT molecular complexity index is 541. The van der Waals surface area contributed by atoms with Crippen LogP contribution in [-0.4, -0.2) is 10.9 Å². The molecule has 20 heavy (non-hydrogen) atoms. The lowest BCUT2D eigenvalue weighted by Crippen LogP contribution is -2.24. The number of hydrogen-bond acceptors (Lipinski definition) is 2. The molecule has 0 amide bonds. The Labute approximate surface area is 126 Å². The molecule has 0 aliphatic rings. The number of benzene rings is 2. The molecular weight excluding hydrogens is 264 g/mol. The molecule has 0 aromatic heterocycles. The van der Waals surface area contributed by atoms with Gasteiger partial charge in [0, 0.05) is 11.5 Å². The molecule has 2 heteroatoms. The van der Waals surface area contributed by atoms with Crippen molar-refractivity contribution in [2.24, 2.45) is 0 Å². The maximum absolute atomic E-state index is 10.6. The second kappa shape index (κ2) is 6.47. The first-order chi connectivity index (χ1) is 9.47. The van der Waals surface area contributed by atoms with Gasteiger partial charge in [-0.15, -0.1) is 0 Å². The summed E-state index contributed by atoms with van der Waals surface area (Å²) in [6.07, 6.45) is 0. The highest BCUT2D eigenvalue weighted by Gasteiger charge is 2.22. The Kier molecular flexibility index (Phi) is 4.90. The van der Waals surface area contributed by atoms with E-state index in [0.29, 0.717) is 5.75 Å². The van der Waals surface area contributed by atoms with E-state index in [0.717, 1.165) is 11.3 Å². The van der Waals surface area contributed by atoms with Crippen molar-refractivity contribution >= 4 is 11.8 Å². The number of thioether (sulfide) groups is 1. The zero-order chi connectivity index (χ0) is 14.6. The standard InChI is InChI=1S/C18H22OS/c1-14-9-15(2)11-16(10-14)12-20-13-18(3,19)17-7-5-4-6-8-17/h4-11,19H,12-13H2,1-3H3. The van der Waals surface area contributed by atoms with Crippen molar-refractivity contribution < 1.29 is 5.11 Å². The number of aliphatic hydroxyl groups is 1. The third-order valence-corrected chi connectivity index (χ3v) is 4.63. The lowest BCUT2D eigenvalue weighted by atomic mass is 9.99. The Hall–Kier alpha value is -1.25. The average molecular weight is 286 g/mol. The molecule has 2 aromatic carbocycles. The van der Waals surface area contributed by atoms with Crippen molar-refractivity contribution in [3.8, 4) is 0 Å².